The van der Waals surface area contributed by atoms with Gasteiger partial charge in [-0.3, -0.25) is 0 Å². The Morgan fingerprint density at radius 3 is 2.77 bits per heavy atom. The predicted molar refractivity (Wildman–Crippen MR) is 101 cm³/mol. The number of piperidine rings is 1. The minimum Gasteiger partial charge on any atom is -0.434 e. The van der Waals surface area contributed by atoms with Crippen LogP contribution in [0.1, 0.15) is 12.8 Å². The van der Waals surface area contributed by atoms with Gasteiger partial charge in [-0.1, -0.05) is 12.1 Å². The fourth-order valence-corrected chi connectivity index (χ4v) is 2.69. The number of hydrogen-bond donors (Lipinski definition) is 3. The zero-order chi connectivity index (χ0) is 17.5. The maximum Gasteiger partial charge on any atom is 0.319 e. The average molecular weight is 381 g/mol. The van der Waals surface area contributed by atoms with E-state index >= 15 is 0 Å². The van der Waals surface area contributed by atoms with Crippen molar-refractivity contribution in [2.45, 2.75) is 12.8 Å². The molecule has 0 spiro atoms. The number of para-hydroxylation sites is 1. The number of amides is 2. The Hall–Kier alpha value is -2.38. The van der Waals surface area contributed by atoms with Crippen molar-refractivity contribution in [2.24, 2.45) is 5.92 Å². The fraction of sp³-hybridized carbons (Fsp3) is 0.333. The minimum absolute atomic E-state index is 0. The van der Waals surface area contributed by atoms with Gasteiger partial charge in [-0.05, 0) is 56.1 Å². The normalized spacial score (nSPS) is 14.2. The number of carbonyl (C=O) groups is 1. The van der Waals surface area contributed by atoms with Gasteiger partial charge < -0.3 is 20.7 Å². The number of pyridine rings is 1. The highest BCUT2D eigenvalue weighted by Crippen LogP contribution is 2.28. The molecule has 1 fully saturated rings. The van der Waals surface area contributed by atoms with Gasteiger partial charge in [0.1, 0.15) is 5.69 Å². The summed E-state index contributed by atoms with van der Waals surface area (Å²) in [5.41, 5.74) is 0.383. The molecule has 6 nitrogen and oxygen atoms in total. The second-order valence-electron chi connectivity index (χ2n) is 5.92. The van der Waals surface area contributed by atoms with Gasteiger partial charge in [0.05, 0.1) is 0 Å². The molecular weight excluding hydrogens is 359 g/mol. The maximum atomic E-state index is 13.7. The summed E-state index contributed by atoms with van der Waals surface area (Å²) in [6.07, 6.45) is 3.62. The van der Waals surface area contributed by atoms with Gasteiger partial charge in [0.15, 0.2) is 11.6 Å². The second-order valence-corrected chi connectivity index (χ2v) is 5.92. The molecule has 1 aliphatic rings. The van der Waals surface area contributed by atoms with E-state index in [0.29, 0.717) is 18.2 Å². The molecule has 1 aliphatic heterocycles. The molecule has 0 radical (unpaired) electrons. The molecule has 1 aromatic heterocycles. The summed E-state index contributed by atoms with van der Waals surface area (Å²) >= 11 is 0. The highest BCUT2D eigenvalue weighted by molar-refractivity contribution is 5.90. The first kappa shape index (κ1) is 19.9. The molecule has 1 aromatic carbocycles. The van der Waals surface area contributed by atoms with Crippen LogP contribution in [0.15, 0.2) is 42.6 Å². The fourth-order valence-electron chi connectivity index (χ4n) is 2.69. The van der Waals surface area contributed by atoms with Crippen molar-refractivity contribution < 1.29 is 13.9 Å². The highest BCUT2D eigenvalue weighted by atomic mass is 35.5. The molecule has 2 aromatic rings. The van der Waals surface area contributed by atoms with Crippen molar-refractivity contribution in [3.05, 3.63) is 48.4 Å². The summed E-state index contributed by atoms with van der Waals surface area (Å²) in [5, 5.41) is 8.88. The molecular formula is C18H22ClFN4O2. The number of aromatic nitrogens is 1. The second kappa shape index (κ2) is 9.94. The van der Waals surface area contributed by atoms with Crippen molar-refractivity contribution in [2.75, 3.05) is 25.0 Å². The van der Waals surface area contributed by atoms with Gasteiger partial charge in [0, 0.05) is 12.7 Å². The van der Waals surface area contributed by atoms with Crippen molar-refractivity contribution in [1.82, 2.24) is 15.6 Å². The number of ether oxygens (including phenoxy) is 1. The van der Waals surface area contributed by atoms with E-state index in [1.54, 1.807) is 24.3 Å². The van der Waals surface area contributed by atoms with Crippen molar-refractivity contribution in [1.29, 1.82) is 0 Å². The molecule has 140 valence electrons. The standard InChI is InChI=1S/C18H21FN4O2.ClH/c19-14-4-1-2-6-16(14)25-17-15(5-3-9-21-17)23-18(24)22-12-13-7-10-20-11-8-13;/h1-6,9,13,20H,7-8,10-12H2,(H2,22,23,24);1H. The molecule has 0 saturated carbocycles. The smallest absolute Gasteiger partial charge is 0.319 e. The molecule has 1 saturated heterocycles. The van der Waals surface area contributed by atoms with Crippen molar-refractivity contribution in [3.8, 4) is 11.6 Å². The summed E-state index contributed by atoms with van der Waals surface area (Å²) < 4.78 is 19.2. The van der Waals surface area contributed by atoms with Gasteiger partial charge >= 0.3 is 6.03 Å². The zero-order valence-electron chi connectivity index (χ0n) is 14.2. The monoisotopic (exact) mass is 380 g/mol. The number of carbonyl (C=O) groups excluding carboxylic acids is 1. The highest BCUT2D eigenvalue weighted by Gasteiger charge is 2.15. The molecule has 0 atom stereocenters. The van der Waals surface area contributed by atoms with E-state index in [4.69, 9.17) is 4.74 Å². The van der Waals surface area contributed by atoms with E-state index < -0.39 is 5.82 Å². The van der Waals surface area contributed by atoms with Crippen LogP contribution < -0.4 is 20.7 Å². The Bertz CT molecular complexity index is 726. The first-order valence-corrected chi connectivity index (χ1v) is 8.35. The molecule has 0 unspecified atom stereocenters. The Morgan fingerprint density at radius 1 is 1.23 bits per heavy atom. The number of hydrogen-bond acceptors (Lipinski definition) is 4. The lowest BCUT2D eigenvalue weighted by Gasteiger charge is -2.22. The lowest BCUT2D eigenvalue weighted by atomic mass is 9.98. The van der Waals surface area contributed by atoms with Crippen LogP contribution in [0.5, 0.6) is 11.6 Å². The maximum absolute atomic E-state index is 13.7. The van der Waals surface area contributed by atoms with E-state index in [0.717, 1.165) is 25.9 Å². The number of urea groups is 1. The third-order valence-electron chi connectivity index (χ3n) is 4.07. The summed E-state index contributed by atoms with van der Waals surface area (Å²) in [6, 6.07) is 9.06. The molecule has 2 heterocycles. The van der Waals surface area contributed by atoms with E-state index in [1.807, 2.05) is 0 Å². The van der Waals surface area contributed by atoms with Crippen molar-refractivity contribution in [3.63, 3.8) is 0 Å². The zero-order valence-corrected chi connectivity index (χ0v) is 15.0. The Morgan fingerprint density at radius 2 is 2.00 bits per heavy atom. The van der Waals surface area contributed by atoms with E-state index in [1.165, 1.54) is 18.3 Å². The molecule has 8 heteroatoms. The van der Waals surface area contributed by atoms with Crippen LogP contribution in [0.3, 0.4) is 0 Å². The van der Waals surface area contributed by atoms with Crippen molar-refractivity contribution >= 4 is 24.1 Å². The van der Waals surface area contributed by atoms with Gasteiger partial charge in [0.2, 0.25) is 5.88 Å². The quantitative estimate of drug-likeness (QED) is 0.741. The SMILES string of the molecule is Cl.O=C(NCC1CCNCC1)Nc1cccnc1Oc1ccccc1F. The molecule has 3 N–H and O–H groups in total. The molecule has 3 rings (SSSR count). The van der Waals surface area contributed by atoms with Crippen LogP contribution in [0.25, 0.3) is 0 Å². The van der Waals surface area contributed by atoms with Gasteiger partial charge in [-0.25, -0.2) is 14.2 Å². The number of halogens is 2. The molecule has 0 bridgehead atoms. The summed E-state index contributed by atoms with van der Waals surface area (Å²) in [6.45, 7) is 2.59. The third-order valence-corrected chi connectivity index (χ3v) is 4.07. The van der Waals surface area contributed by atoms with Crippen LogP contribution in [-0.4, -0.2) is 30.6 Å². The Balaban J connectivity index is 0.00000243. The number of nitrogens with one attached hydrogen (secondary N) is 3. The summed E-state index contributed by atoms with van der Waals surface area (Å²) in [4.78, 5) is 16.2. The molecule has 2 amide bonds. The number of rotatable bonds is 5. The van der Waals surface area contributed by atoms with Crippen LogP contribution in [0, 0.1) is 11.7 Å². The van der Waals surface area contributed by atoms with Gasteiger partial charge in [-0.15, -0.1) is 12.4 Å². The van der Waals surface area contributed by atoms with Crippen LogP contribution in [0.2, 0.25) is 0 Å². The number of benzene rings is 1. The topological polar surface area (TPSA) is 75.3 Å². The van der Waals surface area contributed by atoms with Gasteiger partial charge in [-0.2, -0.15) is 0 Å². The minimum atomic E-state index is -0.491. The lowest BCUT2D eigenvalue weighted by Crippen LogP contribution is -2.37. The van der Waals surface area contributed by atoms with E-state index in [-0.39, 0.29) is 30.1 Å². The Kier molecular flexibility index (Phi) is 7.62. The first-order valence-electron chi connectivity index (χ1n) is 8.35. The van der Waals surface area contributed by atoms with Gasteiger partial charge in [0.25, 0.3) is 0 Å². The molecule has 26 heavy (non-hydrogen) atoms. The average Bonchev–Trinajstić information content (AvgIpc) is 2.64. The van der Waals surface area contributed by atoms with Crippen LogP contribution in [-0.2, 0) is 0 Å². The van der Waals surface area contributed by atoms with E-state index in [2.05, 4.69) is 20.9 Å². The van der Waals surface area contributed by atoms with E-state index in [9.17, 15) is 9.18 Å². The Labute approximate surface area is 158 Å². The van der Waals surface area contributed by atoms with Crippen LogP contribution in [0.4, 0.5) is 14.9 Å². The first-order chi connectivity index (χ1) is 12.2. The largest absolute Gasteiger partial charge is 0.434 e. The number of anilines is 1. The lowest BCUT2D eigenvalue weighted by molar-refractivity contribution is 0.248. The molecule has 0 aliphatic carbocycles. The summed E-state index contributed by atoms with van der Waals surface area (Å²) in [5.74, 6) is 0.188. The summed E-state index contributed by atoms with van der Waals surface area (Å²) in [7, 11) is 0. The third kappa shape index (κ3) is 5.57. The predicted octanol–water partition coefficient (Wildman–Crippen LogP) is 3.56. The number of nitrogens with zero attached hydrogens (tertiary/aromatic N) is 1. The van der Waals surface area contributed by atoms with Crippen LogP contribution >= 0.6 is 12.4 Å².